The van der Waals surface area contributed by atoms with Gasteiger partial charge in [-0.1, -0.05) is 48.9 Å². The van der Waals surface area contributed by atoms with Gasteiger partial charge in [0.1, 0.15) is 0 Å². The third-order valence-corrected chi connectivity index (χ3v) is 3.77. The van der Waals surface area contributed by atoms with E-state index in [2.05, 4.69) is 38.6 Å². The highest BCUT2D eigenvalue weighted by molar-refractivity contribution is 6.32. The Kier molecular flexibility index (Phi) is 2.88. The Morgan fingerprint density at radius 2 is 2.27 bits per heavy atom. The number of aryl methyl sites for hydroxylation is 1. The molecule has 0 bridgehead atoms. The zero-order chi connectivity index (χ0) is 11.0. The van der Waals surface area contributed by atoms with Crippen LogP contribution in [-0.2, 0) is 6.42 Å². The molecule has 1 saturated carbocycles. The summed E-state index contributed by atoms with van der Waals surface area (Å²) in [5, 5.41) is 0.980. The summed E-state index contributed by atoms with van der Waals surface area (Å²) in [7, 11) is 0. The molecular formula is C14H17Cl. The number of hydrogen-bond donors (Lipinski definition) is 0. The first-order valence-corrected chi connectivity index (χ1v) is 5.95. The van der Waals surface area contributed by atoms with Gasteiger partial charge < -0.3 is 0 Å². The fourth-order valence-corrected chi connectivity index (χ4v) is 2.64. The molecule has 0 heterocycles. The minimum absolute atomic E-state index is 0.626. The normalized spacial score (nSPS) is 23.9. The van der Waals surface area contributed by atoms with Crippen molar-refractivity contribution in [2.24, 2.45) is 5.92 Å². The molecule has 2 unspecified atom stereocenters. The molecule has 0 saturated heterocycles. The Bertz CT molecular complexity index is 392. The van der Waals surface area contributed by atoms with Crippen LogP contribution in [0.15, 0.2) is 30.4 Å². The Morgan fingerprint density at radius 1 is 1.53 bits per heavy atom. The number of benzene rings is 1. The van der Waals surface area contributed by atoms with Crippen LogP contribution in [0.5, 0.6) is 0 Å². The highest BCUT2D eigenvalue weighted by atomic mass is 35.5. The summed E-state index contributed by atoms with van der Waals surface area (Å²) in [5.74, 6) is 1.29. The van der Waals surface area contributed by atoms with Gasteiger partial charge in [0.2, 0.25) is 0 Å². The van der Waals surface area contributed by atoms with Crippen LogP contribution in [-0.4, -0.2) is 0 Å². The van der Waals surface area contributed by atoms with E-state index in [0.717, 1.165) is 11.4 Å². The van der Waals surface area contributed by atoms with Crippen LogP contribution in [0.2, 0.25) is 5.02 Å². The lowest BCUT2D eigenvalue weighted by Crippen LogP contribution is -1.90. The van der Waals surface area contributed by atoms with Gasteiger partial charge in [0.15, 0.2) is 0 Å². The quantitative estimate of drug-likeness (QED) is 0.654. The van der Waals surface area contributed by atoms with Crippen molar-refractivity contribution < 1.29 is 0 Å². The molecule has 0 aromatic heterocycles. The average molecular weight is 221 g/mol. The van der Waals surface area contributed by atoms with Crippen molar-refractivity contribution in [1.82, 2.24) is 0 Å². The van der Waals surface area contributed by atoms with Gasteiger partial charge in [-0.3, -0.25) is 0 Å². The lowest BCUT2D eigenvalue weighted by Gasteiger charge is -2.07. The van der Waals surface area contributed by atoms with E-state index in [1.54, 1.807) is 0 Å². The highest BCUT2D eigenvalue weighted by Gasteiger charge is 2.39. The molecule has 1 fully saturated rings. The maximum Gasteiger partial charge on any atom is 0.0472 e. The molecule has 0 nitrogen and oxygen atoms in total. The van der Waals surface area contributed by atoms with E-state index in [1.807, 2.05) is 0 Å². The van der Waals surface area contributed by atoms with Crippen molar-refractivity contribution in [2.45, 2.75) is 32.6 Å². The van der Waals surface area contributed by atoms with Crippen LogP contribution in [0.3, 0.4) is 0 Å². The molecule has 1 heteroatoms. The monoisotopic (exact) mass is 220 g/mol. The van der Waals surface area contributed by atoms with E-state index < -0.39 is 0 Å². The molecule has 0 N–H and O–H groups in total. The topological polar surface area (TPSA) is 0 Å². The number of halogens is 1. The highest BCUT2D eigenvalue weighted by Crippen LogP contribution is 2.53. The lowest BCUT2D eigenvalue weighted by molar-refractivity contribution is 0.940. The van der Waals surface area contributed by atoms with Crippen LogP contribution >= 0.6 is 11.6 Å². The molecule has 2 rings (SSSR count). The molecule has 1 aliphatic rings. The fourth-order valence-electron chi connectivity index (χ4n) is 2.24. The van der Waals surface area contributed by atoms with Gasteiger partial charge in [-0.25, -0.2) is 0 Å². The molecular weight excluding hydrogens is 204 g/mol. The predicted molar refractivity (Wildman–Crippen MR) is 66.5 cm³/mol. The molecule has 0 radical (unpaired) electrons. The Labute approximate surface area is 97.0 Å². The summed E-state index contributed by atoms with van der Waals surface area (Å²) in [4.78, 5) is 0. The molecule has 15 heavy (non-hydrogen) atoms. The van der Waals surface area contributed by atoms with Crippen LogP contribution in [0.1, 0.15) is 37.3 Å². The third-order valence-electron chi connectivity index (χ3n) is 3.31. The fraction of sp³-hybridized carbons (Fsp3) is 0.429. The molecule has 0 spiro atoms. The second-order valence-corrected chi connectivity index (χ2v) is 4.85. The SMILES string of the molecule is C=C(C)C1CC1c1cccc(CC)c1Cl. The molecule has 1 aromatic carbocycles. The molecule has 1 aromatic rings. The number of hydrogen-bond acceptors (Lipinski definition) is 0. The predicted octanol–water partition coefficient (Wildman–Crippen LogP) is 4.58. The first kappa shape index (κ1) is 10.8. The van der Waals surface area contributed by atoms with E-state index in [1.165, 1.54) is 23.1 Å². The number of allylic oxidation sites excluding steroid dienone is 1. The van der Waals surface area contributed by atoms with Crippen molar-refractivity contribution in [1.29, 1.82) is 0 Å². The van der Waals surface area contributed by atoms with Crippen LogP contribution in [0.25, 0.3) is 0 Å². The van der Waals surface area contributed by atoms with Crippen LogP contribution < -0.4 is 0 Å². The first-order valence-electron chi connectivity index (χ1n) is 5.57. The Hall–Kier alpha value is -0.750. The van der Waals surface area contributed by atoms with Crippen molar-refractivity contribution >= 4 is 11.6 Å². The van der Waals surface area contributed by atoms with Gasteiger partial charge in [0, 0.05) is 5.02 Å². The molecule has 0 aliphatic heterocycles. The Balaban J connectivity index is 2.27. The van der Waals surface area contributed by atoms with Crippen molar-refractivity contribution in [3.63, 3.8) is 0 Å². The van der Waals surface area contributed by atoms with Crippen LogP contribution in [0.4, 0.5) is 0 Å². The van der Waals surface area contributed by atoms with E-state index in [9.17, 15) is 0 Å². The van der Waals surface area contributed by atoms with Gasteiger partial charge in [0.05, 0.1) is 0 Å². The minimum atomic E-state index is 0.626. The van der Waals surface area contributed by atoms with Crippen molar-refractivity contribution in [3.8, 4) is 0 Å². The molecule has 80 valence electrons. The van der Waals surface area contributed by atoms with Crippen LogP contribution in [0, 0.1) is 5.92 Å². The smallest absolute Gasteiger partial charge is 0.0472 e. The average Bonchev–Trinajstić information content (AvgIpc) is 2.98. The summed E-state index contributed by atoms with van der Waals surface area (Å²) in [6.45, 7) is 8.28. The van der Waals surface area contributed by atoms with E-state index in [0.29, 0.717) is 11.8 Å². The molecule has 0 amide bonds. The molecule has 1 aliphatic carbocycles. The second-order valence-electron chi connectivity index (χ2n) is 4.47. The van der Waals surface area contributed by atoms with Crippen molar-refractivity contribution in [3.05, 3.63) is 46.5 Å². The summed E-state index contributed by atoms with van der Waals surface area (Å²) in [6, 6.07) is 6.40. The standard InChI is InChI=1S/C14H17Cl/c1-4-10-6-5-7-11(14(10)15)13-8-12(13)9(2)3/h5-7,12-13H,2,4,8H2,1,3H3. The second kappa shape index (κ2) is 4.02. The number of rotatable bonds is 3. The first-order chi connectivity index (χ1) is 7.15. The molecule has 2 atom stereocenters. The minimum Gasteiger partial charge on any atom is -0.0998 e. The summed E-state index contributed by atoms with van der Waals surface area (Å²) >= 11 is 6.38. The third kappa shape index (κ3) is 1.96. The van der Waals surface area contributed by atoms with E-state index in [-0.39, 0.29) is 0 Å². The summed E-state index contributed by atoms with van der Waals surface area (Å²) < 4.78 is 0. The van der Waals surface area contributed by atoms with E-state index in [4.69, 9.17) is 11.6 Å². The maximum atomic E-state index is 6.38. The summed E-state index contributed by atoms with van der Waals surface area (Å²) in [6.07, 6.45) is 2.24. The van der Waals surface area contributed by atoms with Gasteiger partial charge in [-0.2, -0.15) is 0 Å². The van der Waals surface area contributed by atoms with Gasteiger partial charge >= 0.3 is 0 Å². The van der Waals surface area contributed by atoms with Gasteiger partial charge in [0.25, 0.3) is 0 Å². The zero-order valence-corrected chi connectivity index (χ0v) is 10.1. The van der Waals surface area contributed by atoms with Crippen molar-refractivity contribution in [2.75, 3.05) is 0 Å². The Morgan fingerprint density at radius 3 is 2.80 bits per heavy atom. The lowest BCUT2D eigenvalue weighted by atomic mass is 10.0. The summed E-state index contributed by atoms with van der Waals surface area (Å²) in [5.41, 5.74) is 3.88. The zero-order valence-electron chi connectivity index (χ0n) is 9.39. The van der Waals surface area contributed by atoms with Gasteiger partial charge in [-0.05, 0) is 42.7 Å². The largest absolute Gasteiger partial charge is 0.0998 e. The maximum absolute atomic E-state index is 6.38. The van der Waals surface area contributed by atoms with E-state index >= 15 is 0 Å². The van der Waals surface area contributed by atoms with Gasteiger partial charge in [-0.15, -0.1) is 0 Å².